The third kappa shape index (κ3) is 3.22. The molecule has 1 aliphatic rings. The molecule has 0 saturated heterocycles. The summed E-state index contributed by atoms with van der Waals surface area (Å²) in [6, 6.07) is 14.4. The number of hydrogen-bond acceptors (Lipinski definition) is 5. The highest BCUT2D eigenvalue weighted by Crippen LogP contribution is 2.24. The molecule has 4 rings (SSSR count). The van der Waals surface area contributed by atoms with Crippen LogP contribution >= 0.6 is 0 Å². The lowest BCUT2D eigenvalue weighted by molar-refractivity contribution is 0.746. The fourth-order valence-electron chi connectivity index (χ4n) is 3.08. The van der Waals surface area contributed by atoms with Crippen molar-refractivity contribution in [2.45, 2.75) is 31.7 Å². The quantitative estimate of drug-likeness (QED) is 0.749. The van der Waals surface area contributed by atoms with Crippen LogP contribution in [0.5, 0.6) is 0 Å². The van der Waals surface area contributed by atoms with Crippen molar-refractivity contribution in [3.8, 4) is 5.69 Å². The first-order valence-electron chi connectivity index (χ1n) is 8.35. The molecule has 122 valence electrons. The Hall–Kier alpha value is -2.89. The van der Waals surface area contributed by atoms with Gasteiger partial charge in [-0.1, -0.05) is 25.0 Å². The number of benzene rings is 1. The highest BCUT2D eigenvalue weighted by atomic mass is 15.3. The molecular formula is C18H20N6. The molecular weight excluding hydrogens is 300 g/mol. The summed E-state index contributed by atoms with van der Waals surface area (Å²) in [5.74, 6) is 1.55. The summed E-state index contributed by atoms with van der Waals surface area (Å²) in [4.78, 5) is 0. The summed E-state index contributed by atoms with van der Waals surface area (Å²) in [6.07, 6.45) is 8.72. The molecule has 1 aliphatic carbocycles. The van der Waals surface area contributed by atoms with Gasteiger partial charge >= 0.3 is 0 Å². The summed E-state index contributed by atoms with van der Waals surface area (Å²) in [7, 11) is 0. The van der Waals surface area contributed by atoms with Crippen LogP contribution < -0.4 is 10.6 Å². The molecule has 2 N–H and O–H groups in total. The van der Waals surface area contributed by atoms with E-state index >= 15 is 0 Å². The van der Waals surface area contributed by atoms with Gasteiger partial charge in [-0.05, 0) is 43.2 Å². The number of para-hydroxylation sites is 2. The average molecular weight is 320 g/mol. The zero-order valence-electron chi connectivity index (χ0n) is 13.4. The van der Waals surface area contributed by atoms with Crippen LogP contribution in [-0.4, -0.2) is 26.0 Å². The zero-order chi connectivity index (χ0) is 16.2. The molecule has 0 unspecified atom stereocenters. The molecule has 0 atom stereocenters. The van der Waals surface area contributed by atoms with E-state index in [2.05, 4.69) is 25.9 Å². The number of nitrogens with zero attached hydrogens (tertiary/aromatic N) is 4. The maximum atomic E-state index is 4.29. The molecule has 3 aromatic rings. The van der Waals surface area contributed by atoms with Gasteiger partial charge in [-0.15, -0.1) is 10.2 Å². The Morgan fingerprint density at radius 2 is 1.71 bits per heavy atom. The number of aromatic nitrogens is 4. The second-order valence-corrected chi connectivity index (χ2v) is 6.02. The zero-order valence-corrected chi connectivity index (χ0v) is 13.4. The summed E-state index contributed by atoms with van der Waals surface area (Å²) in [5, 5.41) is 19.6. The molecule has 0 spiro atoms. The van der Waals surface area contributed by atoms with Gasteiger partial charge in [0, 0.05) is 18.4 Å². The van der Waals surface area contributed by atoms with Crippen molar-refractivity contribution in [3.63, 3.8) is 0 Å². The van der Waals surface area contributed by atoms with E-state index in [0.29, 0.717) is 11.9 Å². The molecule has 6 nitrogen and oxygen atoms in total. The van der Waals surface area contributed by atoms with E-state index in [-0.39, 0.29) is 0 Å². The maximum absolute atomic E-state index is 4.29. The third-order valence-corrected chi connectivity index (χ3v) is 4.29. The molecule has 0 bridgehead atoms. The largest absolute Gasteiger partial charge is 0.366 e. The van der Waals surface area contributed by atoms with Crippen molar-refractivity contribution in [1.82, 2.24) is 20.0 Å². The second-order valence-electron chi connectivity index (χ2n) is 6.02. The predicted octanol–water partition coefficient (Wildman–Crippen LogP) is 3.76. The van der Waals surface area contributed by atoms with Gasteiger partial charge in [0.1, 0.15) is 5.82 Å². The average Bonchev–Trinajstić information content (AvgIpc) is 3.31. The Morgan fingerprint density at radius 1 is 0.917 bits per heavy atom. The van der Waals surface area contributed by atoms with Crippen LogP contribution in [0, 0.1) is 0 Å². The van der Waals surface area contributed by atoms with E-state index in [4.69, 9.17) is 0 Å². The van der Waals surface area contributed by atoms with Gasteiger partial charge in [0.2, 0.25) is 0 Å². The Balaban J connectivity index is 1.49. The van der Waals surface area contributed by atoms with Gasteiger partial charge in [-0.2, -0.15) is 5.10 Å². The standard InChI is InChI=1S/C18H20N6/c1-2-7-14(6-1)20-17-10-11-18(23-22-17)21-15-8-3-4-9-16(15)24-13-5-12-19-24/h3-5,8-14H,1-2,6-7H2,(H,20,22)(H,21,23). The lowest BCUT2D eigenvalue weighted by Gasteiger charge is -2.13. The van der Waals surface area contributed by atoms with Crippen LogP contribution in [0.15, 0.2) is 54.9 Å². The van der Waals surface area contributed by atoms with Crippen molar-refractivity contribution < 1.29 is 0 Å². The van der Waals surface area contributed by atoms with E-state index in [9.17, 15) is 0 Å². The van der Waals surface area contributed by atoms with Gasteiger partial charge in [0.25, 0.3) is 0 Å². The van der Waals surface area contributed by atoms with E-state index in [1.807, 2.05) is 53.3 Å². The first-order chi connectivity index (χ1) is 11.9. The lowest BCUT2D eigenvalue weighted by atomic mass is 10.2. The molecule has 0 radical (unpaired) electrons. The molecule has 2 aromatic heterocycles. The van der Waals surface area contributed by atoms with Crippen molar-refractivity contribution in [2.24, 2.45) is 0 Å². The minimum atomic E-state index is 0.540. The van der Waals surface area contributed by atoms with Gasteiger partial charge in [-0.25, -0.2) is 4.68 Å². The minimum Gasteiger partial charge on any atom is -0.366 e. The van der Waals surface area contributed by atoms with E-state index < -0.39 is 0 Å². The summed E-state index contributed by atoms with van der Waals surface area (Å²) < 4.78 is 1.83. The number of anilines is 3. The molecule has 1 fully saturated rings. The molecule has 0 amide bonds. The Morgan fingerprint density at radius 3 is 2.46 bits per heavy atom. The van der Waals surface area contributed by atoms with E-state index in [1.165, 1.54) is 25.7 Å². The van der Waals surface area contributed by atoms with Crippen LogP contribution in [0.2, 0.25) is 0 Å². The Kier molecular flexibility index (Phi) is 4.10. The topological polar surface area (TPSA) is 67.7 Å². The fourth-order valence-corrected chi connectivity index (χ4v) is 3.08. The van der Waals surface area contributed by atoms with Gasteiger partial charge in [0.15, 0.2) is 5.82 Å². The third-order valence-electron chi connectivity index (χ3n) is 4.29. The lowest BCUT2D eigenvalue weighted by Crippen LogP contribution is -2.15. The molecule has 0 aliphatic heterocycles. The summed E-state index contributed by atoms with van der Waals surface area (Å²) >= 11 is 0. The molecule has 1 aromatic carbocycles. The van der Waals surface area contributed by atoms with Gasteiger partial charge in [0.05, 0.1) is 11.4 Å². The number of rotatable bonds is 5. The molecule has 6 heteroatoms. The van der Waals surface area contributed by atoms with Crippen LogP contribution in [0.3, 0.4) is 0 Å². The number of nitrogens with one attached hydrogen (secondary N) is 2. The minimum absolute atomic E-state index is 0.540. The van der Waals surface area contributed by atoms with Crippen LogP contribution in [0.4, 0.5) is 17.3 Å². The Labute approximate surface area is 140 Å². The predicted molar refractivity (Wildman–Crippen MR) is 94.8 cm³/mol. The molecule has 2 heterocycles. The van der Waals surface area contributed by atoms with Crippen LogP contribution in [0.25, 0.3) is 5.69 Å². The van der Waals surface area contributed by atoms with Gasteiger partial charge < -0.3 is 10.6 Å². The monoisotopic (exact) mass is 320 g/mol. The Bertz CT molecular complexity index is 776. The van der Waals surface area contributed by atoms with Crippen LogP contribution in [0.1, 0.15) is 25.7 Å². The summed E-state index contributed by atoms with van der Waals surface area (Å²) in [6.45, 7) is 0. The highest BCUT2D eigenvalue weighted by Gasteiger charge is 2.15. The first-order valence-corrected chi connectivity index (χ1v) is 8.35. The van der Waals surface area contributed by atoms with E-state index in [0.717, 1.165) is 17.2 Å². The van der Waals surface area contributed by atoms with Gasteiger partial charge in [-0.3, -0.25) is 0 Å². The molecule has 1 saturated carbocycles. The normalized spacial score (nSPS) is 14.7. The first kappa shape index (κ1) is 14.7. The van der Waals surface area contributed by atoms with Crippen molar-refractivity contribution in [1.29, 1.82) is 0 Å². The van der Waals surface area contributed by atoms with E-state index in [1.54, 1.807) is 6.20 Å². The SMILES string of the molecule is c1ccc(-n2cccn2)c(Nc2ccc(NC3CCCC3)nn2)c1. The summed E-state index contributed by atoms with van der Waals surface area (Å²) in [5.41, 5.74) is 1.91. The maximum Gasteiger partial charge on any atom is 0.153 e. The second kappa shape index (κ2) is 6.70. The number of hydrogen-bond donors (Lipinski definition) is 2. The van der Waals surface area contributed by atoms with Crippen molar-refractivity contribution >= 4 is 17.3 Å². The molecule has 24 heavy (non-hydrogen) atoms. The fraction of sp³-hybridized carbons (Fsp3) is 0.278. The van der Waals surface area contributed by atoms with Crippen LogP contribution in [-0.2, 0) is 0 Å². The smallest absolute Gasteiger partial charge is 0.153 e. The van der Waals surface area contributed by atoms with Crippen molar-refractivity contribution in [2.75, 3.05) is 10.6 Å². The highest BCUT2D eigenvalue weighted by molar-refractivity contribution is 5.67. The van der Waals surface area contributed by atoms with Crippen molar-refractivity contribution in [3.05, 3.63) is 54.9 Å².